The van der Waals surface area contributed by atoms with Crippen LogP contribution in [0.3, 0.4) is 0 Å². The van der Waals surface area contributed by atoms with E-state index in [9.17, 15) is 9.90 Å². The van der Waals surface area contributed by atoms with Crippen LogP contribution in [0.15, 0.2) is 66.7 Å². The van der Waals surface area contributed by atoms with Gasteiger partial charge in [-0.05, 0) is 53.4 Å². The summed E-state index contributed by atoms with van der Waals surface area (Å²) < 4.78 is 0. The van der Waals surface area contributed by atoms with Crippen LogP contribution in [0.2, 0.25) is 0 Å². The normalized spacial score (nSPS) is 19.2. The fraction of sp³-hybridized carbons (Fsp3) is 0.320. The number of likely N-dealkylation sites (N-methyl/N-ethyl adjacent to an activating group) is 1. The maximum atomic E-state index is 12.7. The Kier molecular flexibility index (Phi) is 6.31. The highest BCUT2D eigenvalue weighted by Gasteiger charge is 2.36. The number of nitrogens with zero attached hydrogens (tertiary/aromatic N) is 1. The van der Waals surface area contributed by atoms with E-state index in [-0.39, 0.29) is 23.7 Å². The minimum absolute atomic E-state index is 0.0972. The molecule has 1 aliphatic rings. The number of aromatic hydroxyl groups is 1. The highest BCUT2D eigenvalue weighted by Crippen LogP contribution is 2.24. The summed E-state index contributed by atoms with van der Waals surface area (Å²) in [4.78, 5) is 15.0. The van der Waals surface area contributed by atoms with Crippen LogP contribution in [0, 0.1) is 0 Å². The number of phenolic OH excluding ortho intramolecular Hbond substituents is 1. The van der Waals surface area contributed by atoms with Crippen LogP contribution >= 0.6 is 0 Å². The summed E-state index contributed by atoms with van der Waals surface area (Å²) in [5.74, 6) is 0.374. The number of carbonyl (C=O) groups is 1. The molecular formula is C25H29N3O2. The van der Waals surface area contributed by atoms with Crippen molar-refractivity contribution in [2.75, 3.05) is 13.1 Å². The van der Waals surface area contributed by atoms with Gasteiger partial charge in [-0.25, -0.2) is 0 Å². The number of carbonyl (C=O) groups excluding carboxylic acids is 1. The Balaban J connectivity index is 1.46. The molecule has 5 nitrogen and oxygen atoms in total. The van der Waals surface area contributed by atoms with E-state index in [1.807, 2.05) is 19.1 Å². The zero-order valence-electron chi connectivity index (χ0n) is 17.3. The predicted molar refractivity (Wildman–Crippen MR) is 120 cm³/mol. The molecule has 4 rings (SSSR count). The van der Waals surface area contributed by atoms with Gasteiger partial charge >= 0.3 is 0 Å². The van der Waals surface area contributed by atoms with Gasteiger partial charge in [0.1, 0.15) is 5.75 Å². The predicted octanol–water partition coefficient (Wildman–Crippen LogP) is 3.41. The molecule has 156 valence electrons. The maximum Gasteiger partial charge on any atom is 0.237 e. The number of benzene rings is 3. The first-order valence-electron chi connectivity index (χ1n) is 10.6. The quantitative estimate of drug-likeness (QED) is 0.566. The van der Waals surface area contributed by atoms with Crippen molar-refractivity contribution < 1.29 is 9.90 Å². The Bertz CT molecular complexity index is 1020. The fourth-order valence-corrected chi connectivity index (χ4v) is 4.29. The second-order valence-electron chi connectivity index (χ2n) is 8.00. The molecule has 0 bridgehead atoms. The Hall–Kier alpha value is -2.89. The van der Waals surface area contributed by atoms with E-state index in [4.69, 9.17) is 0 Å². The van der Waals surface area contributed by atoms with Crippen LogP contribution in [-0.4, -0.2) is 41.1 Å². The van der Waals surface area contributed by atoms with Gasteiger partial charge < -0.3 is 15.7 Å². The molecule has 0 spiro atoms. The molecular weight excluding hydrogens is 374 g/mol. The Morgan fingerprint density at radius 2 is 1.87 bits per heavy atom. The standard InChI is InChI=1S/C25H29N3O2/c1-2-26-25(30)24-14-22(27-15-18-6-5-9-23(29)13-18)17-28(24)16-19-10-11-20-7-3-4-8-21(20)12-19/h3-13,22,24,27,29H,2,14-17H2,1H3,(H,26,30)/t22-,24+/m1/s1. The van der Waals surface area contributed by atoms with Gasteiger partial charge in [-0.15, -0.1) is 0 Å². The summed E-state index contributed by atoms with van der Waals surface area (Å²) >= 11 is 0. The lowest BCUT2D eigenvalue weighted by molar-refractivity contribution is -0.125. The minimum atomic E-state index is -0.141. The van der Waals surface area contributed by atoms with Gasteiger partial charge in [-0.3, -0.25) is 9.69 Å². The number of hydrogen-bond donors (Lipinski definition) is 3. The molecule has 1 saturated heterocycles. The third-order valence-electron chi connectivity index (χ3n) is 5.76. The molecule has 3 aromatic rings. The molecule has 0 aliphatic carbocycles. The van der Waals surface area contributed by atoms with Crippen LogP contribution in [0.25, 0.3) is 10.8 Å². The van der Waals surface area contributed by atoms with Gasteiger partial charge in [0.05, 0.1) is 6.04 Å². The summed E-state index contributed by atoms with van der Waals surface area (Å²) in [5, 5.41) is 18.7. The van der Waals surface area contributed by atoms with E-state index < -0.39 is 0 Å². The van der Waals surface area contributed by atoms with E-state index in [2.05, 4.69) is 58.0 Å². The number of fused-ring (bicyclic) bond motifs is 1. The van der Waals surface area contributed by atoms with Gasteiger partial charge in [0.2, 0.25) is 5.91 Å². The lowest BCUT2D eigenvalue weighted by atomic mass is 10.1. The smallest absolute Gasteiger partial charge is 0.237 e. The Morgan fingerprint density at radius 1 is 1.03 bits per heavy atom. The van der Waals surface area contributed by atoms with Crippen molar-refractivity contribution in [3.63, 3.8) is 0 Å². The van der Waals surface area contributed by atoms with Crippen LogP contribution in [0.1, 0.15) is 24.5 Å². The average Bonchev–Trinajstić information content (AvgIpc) is 3.15. The van der Waals surface area contributed by atoms with Gasteiger partial charge in [0.25, 0.3) is 0 Å². The third-order valence-corrected chi connectivity index (χ3v) is 5.76. The molecule has 3 N–H and O–H groups in total. The van der Waals surface area contributed by atoms with Crippen molar-refractivity contribution in [2.45, 2.75) is 38.5 Å². The molecule has 1 amide bonds. The Labute approximate surface area is 177 Å². The Morgan fingerprint density at radius 3 is 2.67 bits per heavy atom. The molecule has 1 aliphatic heterocycles. The van der Waals surface area contributed by atoms with Crippen molar-refractivity contribution in [1.82, 2.24) is 15.5 Å². The summed E-state index contributed by atoms with van der Waals surface area (Å²) in [6.07, 6.45) is 0.776. The van der Waals surface area contributed by atoms with E-state index in [1.165, 1.54) is 16.3 Å². The molecule has 0 radical (unpaired) electrons. The van der Waals surface area contributed by atoms with E-state index in [0.29, 0.717) is 13.1 Å². The van der Waals surface area contributed by atoms with E-state index in [1.54, 1.807) is 12.1 Å². The third kappa shape index (κ3) is 4.81. The van der Waals surface area contributed by atoms with E-state index in [0.717, 1.165) is 25.1 Å². The molecule has 0 aromatic heterocycles. The van der Waals surface area contributed by atoms with Crippen molar-refractivity contribution in [3.05, 3.63) is 77.9 Å². The maximum absolute atomic E-state index is 12.7. The molecule has 0 unspecified atom stereocenters. The van der Waals surface area contributed by atoms with Gasteiger partial charge in [-0.2, -0.15) is 0 Å². The fourth-order valence-electron chi connectivity index (χ4n) is 4.29. The van der Waals surface area contributed by atoms with E-state index >= 15 is 0 Å². The topological polar surface area (TPSA) is 64.6 Å². The molecule has 3 aromatic carbocycles. The molecule has 1 heterocycles. The van der Waals surface area contributed by atoms with Gasteiger partial charge in [0.15, 0.2) is 0 Å². The number of phenols is 1. The zero-order chi connectivity index (χ0) is 20.9. The summed E-state index contributed by atoms with van der Waals surface area (Å²) in [6.45, 7) is 4.83. The lowest BCUT2D eigenvalue weighted by Gasteiger charge is -2.23. The van der Waals surface area contributed by atoms with Crippen LogP contribution in [-0.2, 0) is 17.9 Å². The number of likely N-dealkylation sites (tertiary alicyclic amines) is 1. The zero-order valence-corrected chi connectivity index (χ0v) is 17.3. The van der Waals surface area contributed by atoms with Crippen molar-refractivity contribution in [2.24, 2.45) is 0 Å². The van der Waals surface area contributed by atoms with Crippen molar-refractivity contribution in [3.8, 4) is 5.75 Å². The first-order chi connectivity index (χ1) is 14.6. The highest BCUT2D eigenvalue weighted by atomic mass is 16.3. The summed E-state index contributed by atoms with van der Waals surface area (Å²) in [7, 11) is 0. The van der Waals surface area contributed by atoms with Gasteiger partial charge in [-0.1, -0.05) is 48.5 Å². The monoisotopic (exact) mass is 403 g/mol. The number of amides is 1. The first-order valence-corrected chi connectivity index (χ1v) is 10.6. The minimum Gasteiger partial charge on any atom is -0.508 e. The highest BCUT2D eigenvalue weighted by molar-refractivity contribution is 5.83. The molecule has 0 saturated carbocycles. The first kappa shape index (κ1) is 20.4. The second-order valence-corrected chi connectivity index (χ2v) is 8.00. The SMILES string of the molecule is CCNC(=O)[C@@H]1C[C@@H](NCc2cccc(O)c2)CN1Cc1ccc2ccccc2c1. The molecule has 5 heteroatoms. The van der Waals surface area contributed by atoms with Crippen LogP contribution in [0.5, 0.6) is 5.75 Å². The second kappa shape index (κ2) is 9.28. The van der Waals surface area contributed by atoms with Crippen molar-refractivity contribution >= 4 is 16.7 Å². The number of hydrogen-bond acceptors (Lipinski definition) is 4. The van der Waals surface area contributed by atoms with Crippen LogP contribution in [0.4, 0.5) is 0 Å². The average molecular weight is 404 g/mol. The molecule has 1 fully saturated rings. The number of nitrogens with one attached hydrogen (secondary N) is 2. The van der Waals surface area contributed by atoms with Gasteiger partial charge in [0, 0.05) is 32.2 Å². The summed E-state index contributed by atoms with van der Waals surface area (Å²) in [6, 6.07) is 22.3. The summed E-state index contributed by atoms with van der Waals surface area (Å²) in [5.41, 5.74) is 2.26. The molecule has 30 heavy (non-hydrogen) atoms. The molecule has 2 atom stereocenters. The largest absolute Gasteiger partial charge is 0.508 e. The van der Waals surface area contributed by atoms with Crippen molar-refractivity contribution in [1.29, 1.82) is 0 Å². The number of rotatable bonds is 7. The van der Waals surface area contributed by atoms with Crippen LogP contribution < -0.4 is 10.6 Å². The lowest BCUT2D eigenvalue weighted by Crippen LogP contribution is -2.42.